The van der Waals surface area contributed by atoms with Crippen LogP contribution in [-0.4, -0.2) is 28.7 Å². The number of nitrogens with one attached hydrogen (secondary N) is 1. The van der Waals surface area contributed by atoms with Gasteiger partial charge in [0.05, 0.1) is 23.8 Å². The fraction of sp³-hybridized carbons (Fsp3) is 0.143. The minimum atomic E-state index is -0.613. The lowest BCUT2D eigenvalue weighted by Crippen LogP contribution is -2.18. The summed E-state index contributed by atoms with van der Waals surface area (Å²) in [7, 11) is 1.38. The summed E-state index contributed by atoms with van der Waals surface area (Å²) in [6, 6.07) is 13.2. The molecule has 0 unspecified atom stereocenters. The summed E-state index contributed by atoms with van der Waals surface area (Å²) >= 11 is 5.96. The van der Waals surface area contributed by atoms with Crippen LogP contribution in [0.5, 0.6) is 5.75 Å². The van der Waals surface area contributed by atoms with Gasteiger partial charge in [0.1, 0.15) is 5.75 Å². The molecular formula is C21H19ClN4O4. The molecule has 0 aliphatic heterocycles. The minimum absolute atomic E-state index is 0.0236. The fourth-order valence-electron chi connectivity index (χ4n) is 3.11. The van der Waals surface area contributed by atoms with Gasteiger partial charge in [-0.3, -0.25) is 14.9 Å². The van der Waals surface area contributed by atoms with Crippen LogP contribution in [0.2, 0.25) is 5.02 Å². The standard InChI is InChI=1S/C21H19ClN4O4/c1-13-10-15(14(2)25(13)17-6-4-16(22)5-7-17)12-23-24-21(27)19-11-18(26(28)29)8-9-20(19)30-3/h4-12H,1-3H3,(H,24,27)/b23-12-. The zero-order chi connectivity index (χ0) is 21.8. The van der Waals surface area contributed by atoms with Gasteiger partial charge in [-0.05, 0) is 50.2 Å². The molecule has 0 atom stereocenters. The second kappa shape index (κ2) is 8.79. The molecule has 1 N–H and O–H groups in total. The van der Waals surface area contributed by atoms with Crippen molar-refractivity contribution in [3.63, 3.8) is 0 Å². The SMILES string of the molecule is COc1ccc([N+](=O)[O-])cc1C(=O)N/N=C\c1cc(C)n(-c2ccc(Cl)cc2)c1C. The Bertz CT molecular complexity index is 1140. The molecule has 8 nitrogen and oxygen atoms in total. The number of carbonyl (C=O) groups is 1. The third-order valence-electron chi connectivity index (χ3n) is 4.56. The number of aryl methyl sites for hydroxylation is 1. The molecule has 0 radical (unpaired) electrons. The number of hydrogen-bond donors (Lipinski definition) is 1. The van der Waals surface area contributed by atoms with Gasteiger partial charge in [0.25, 0.3) is 11.6 Å². The molecule has 0 saturated heterocycles. The number of benzene rings is 2. The monoisotopic (exact) mass is 426 g/mol. The van der Waals surface area contributed by atoms with E-state index in [1.165, 1.54) is 25.5 Å². The van der Waals surface area contributed by atoms with Crippen LogP contribution in [0.25, 0.3) is 5.69 Å². The lowest BCUT2D eigenvalue weighted by molar-refractivity contribution is -0.384. The first kappa shape index (κ1) is 21.1. The van der Waals surface area contributed by atoms with Crippen molar-refractivity contribution in [2.75, 3.05) is 7.11 Å². The van der Waals surface area contributed by atoms with Crippen LogP contribution in [-0.2, 0) is 0 Å². The Hall–Kier alpha value is -3.65. The Balaban J connectivity index is 1.82. The molecule has 0 fully saturated rings. The maximum absolute atomic E-state index is 12.5. The highest BCUT2D eigenvalue weighted by molar-refractivity contribution is 6.30. The van der Waals surface area contributed by atoms with Gasteiger partial charge in [-0.2, -0.15) is 5.10 Å². The Morgan fingerprint density at radius 3 is 2.53 bits per heavy atom. The molecular weight excluding hydrogens is 408 g/mol. The molecule has 9 heteroatoms. The third-order valence-corrected chi connectivity index (χ3v) is 4.82. The molecule has 30 heavy (non-hydrogen) atoms. The summed E-state index contributed by atoms with van der Waals surface area (Å²) < 4.78 is 7.16. The van der Waals surface area contributed by atoms with Gasteiger partial charge in [0, 0.05) is 39.8 Å². The molecule has 154 valence electrons. The molecule has 1 heterocycles. The van der Waals surface area contributed by atoms with Crippen molar-refractivity contribution in [3.05, 3.63) is 86.2 Å². The van der Waals surface area contributed by atoms with E-state index in [9.17, 15) is 14.9 Å². The number of rotatable bonds is 6. The first-order valence-corrected chi connectivity index (χ1v) is 9.30. The first-order valence-electron chi connectivity index (χ1n) is 8.92. The van der Waals surface area contributed by atoms with Crippen molar-refractivity contribution >= 4 is 29.4 Å². The van der Waals surface area contributed by atoms with Gasteiger partial charge in [-0.25, -0.2) is 5.43 Å². The Morgan fingerprint density at radius 2 is 1.90 bits per heavy atom. The second-order valence-electron chi connectivity index (χ2n) is 6.48. The van der Waals surface area contributed by atoms with E-state index in [0.717, 1.165) is 28.7 Å². The van der Waals surface area contributed by atoms with Crippen molar-refractivity contribution < 1.29 is 14.5 Å². The van der Waals surface area contributed by atoms with Gasteiger partial charge >= 0.3 is 0 Å². The normalized spacial score (nSPS) is 10.9. The zero-order valence-electron chi connectivity index (χ0n) is 16.5. The zero-order valence-corrected chi connectivity index (χ0v) is 17.3. The number of hydrazone groups is 1. The number of amides is 1. The number of aromatic nitrogens is 1. The summed E-state index contributed by atoms with van der Waals surface area (Å²) in [5.41, 5.74) is 5.90. The minimum Gasteiger partial charge on any atom is -0.496 e. The van der Waals surface area contributed by atoms with Crippen molar-refractivity contribution in [1.29, 1.82) is 0 Å². The summed E-state index contributed by atoms with van der Waals surface area (Å²) in [5, 5.41) is 15.6. The van der Waals surface area contributed by atoms with Crippen molar-refractivity contribution in [2.24, 2.45) is 5.10 Å². The summed E-state index contributed by atoms with van der Waals surface area (Å²) in [5.74, 6) is -0.396. The molecule has 0 bridgehead atoms. The van der Waals surface area contributed by atoms with Gasteiger partial charge in [0.2, 0.25) is 0 Å². The molecule has 2 aromatic carbocycles. The Morgan fingerprint density at radius 1 is 1.20 bits per heavy atom. The highest BCUT2D eigenvalue weighted by Gasteiger charge is 2.17. The van der Waals surface area contributed by atoms with Gasteiger partial charge in [-0.15, -0.1) is 0 Å². The van der Waals surface area contributed by atoms with Gasteiger partial charge in [-0.1, -0.05) is 11.6 Å². The molecule has 3 rings (SSSR count). The second-order valence-corrected chi connectivity index (χ2v) is 6.92. The average Bonchev–Trinajstić information content (AvgIpc) is 3.01. The number of nitro groups is 1. The van der Waals surface area contributed by atoms with Crippen molar-refractivity contribution in [2.45, 2.75) is 13.8 Å². The van der Waals surface area contributed by atoms with E-state index in [2.05, 4.69) is 10.5 Å². The van der Waals surface area contributed by atoms with Crippen LogP contribution >= 0.6 is 11.6 Å². The number of halogens is 1. The maximum atomic E-state index is 12.5. The smallest absolute Gasteiger partial charge is 0.275 e. The number of hydrogen-bond acceptors (Lipinski definition) is 5. The summed E-state index contributed by atoms with van der Waals surface area (Å²) in [6.45, 7) is 3.90. The van der Waals surface area contributed by atoms with E-state index < -0.39 is 10.8 Å². The number of ether oxygens (including phenoxy) is 1. The number of non-ortho nitro benzene ring substituents is 1. The van der Waals surface area contributed by atoms with Crippen LogP contribution in [0, 0.1) is 24.0 Å². The van der Waals surface area contributed by atoms with E-state index >= 15 is 0 Å². The lowest BCUT2D eigenvalue weighted by Gasteiger charge is -2.09. The first-order chi connectivity index (χ1) is 14.3. The number of methoxy groups -OCH3 is 1. The van der Waals surface area contributed by atoms with E-state index in [1.54, 1.807) is 0 Å². The number of nitrogens with zero attached hydrogens (tertiary/aromatic N) is 3. The van der Waals surface area contributed by atoms with Gasteiger partial charge < -0.3 is 9.30 Å². The molecule has 3 aromatic rings. The van der Waals surface area contributed by atoms with E-state index in [0.29, 0.717) is 5.02 Å². The molecule has 0 spiro atoms. The Kier molecular flexibility index (Phi) is 6.17. The van der Waals surface area contributed by atoms with E-state index in [4.69, 9.17) is 16.3 Å². The number of nitro benzene ring substituents is 1. The lowest BCUT2D eigenvalue weighted by atomic mass is 10.1. The fourth-order valence-corrected chi connectivity index (χ4v) is 3.24. The van der Waals surface area contributed by atoms with Gasteiger partial charge in [0.15, 0.2) is 0 Å². The van der Waals surface area contributed by atoms with E-state index in [-0.39, 0.29) is 17.0 Å². The van der Waals surface area contributed by atoms with Crippen LogP contribution < -0.4 is 10.2 Å². The Labute approximate surface area is 177 Å². The molecule has 0 aliphatic rings. The predicted octanol–water partition coefficient (Wildman–Crippen LogP) is 4.43. The van der Waals surface area contributed by atoms with Crippen molar-refractivity contribution in [1.82, 2.24) is 9.99 Å². The van der Waals surface area contributed by atoms with Crippen LogP contribution in [0.1, 0.15) is 27.3 Å². The van der Waals surface area contributed by atoms with Crippen LogP contribution in [0.3, 0.4) is 0 Å². The average molecular weight is 427 g/mol. The molecule has 1 amide bonds. The highest BCUT2D eigenvalue weighted by atomic mass is 35.5. The molecule has 0 aliphatic carbocycles. The summed E-state index contributed by atoms with van der Waals surface area (Å²) in [6.07, 6.45) is 1.52. The van der Waals surface area contributed by atoms with Crippen LogP contribution in [0.4, 0.5) is 5.69 Å². The number of carbonyl (C=O) groups excluding carboxylic acids is 1. The largest absolute Gasteiger partial charge is 0.496 e. The third kappa shape index (κ3) is 4.33. The quantitative estimate of drug-likeness (QED) is 0.358. The highest BCUT2D eigenvalue weighted by Crippen LogP contribution is 2.24. The van der Waals surface area contributed by atoms with Crippen LogP contribution in [0.15, 0.2) is 53.6 Å². The molecule has 0 saturated carbocycles. The van der Waals surface area contributed by atoms with E-state index in [1.807, 2.05) is 48.7 Å². The molecule has 1 aromatic heterocycles. The predicted molar refractivity (Wildman–Crippen MR) is 115 cm³/mol. The topological polar surface area (TPSA) is 98.8 Å². The maximum Gasteiger partial charge on any atom is 0.275 e. The summed E-state index contributed by atoms with van der Waals surface area (Å²) in [4.78, 5) is 22.9. The van der Waals surface area contributed by atoms with Crippen molar-refractivity contribution in [3.8, 4) is 11.4 Å².